The monoisotopic (exact) mass is 272 g/mol. The quantitative estimate of drug-likeness (QED) is 0.896. The molecule has 0 aliphatic carbocycles. The smallest absolute Gasteiger partial charge is 0.251 e. The second kappa shape index (κ2) is 6.23. The van der Waals surface area contributed by atoms with Crippen molar-refractivity contribution in [1.82, 2.24) is 15.1 Å². The summed E-state index contributed by atoms with van der Waals surface area (Å²) in [5, 5.41) is 7.01. The van der Waals surface area contributed by atoms with Crippen molar-refractivity contribution in [3.8, 4) is 0 Å². The van der Waals surface area contributed by atoms with E-state index in [9.17, 15) is 4.79 Å². The molecule has 20 heavy (non-hydrogen) atoms. The van der Waals surface area contributed by atoms with E-state index < -0.39 is 0 Å². The van der Waals surface area contributed by atoms with Gasteiger partial charge in [-0.2, -0.15) is 5.10 Å². The molecule has 2 rings (SSSR count). The van der Waals surface area contributed by atoms with Crippen LogP contribution in [0.25, 0.3) is 0 Å². The highest BCUT2D eigenvalue weighted by Crippen LogP contribution is 2.12. The minimum Gasteiger partial charge on any atom is -0.378 e. The van der Waals surface area contributed by atoms with Crippen molar-refractivity contribution in [2.75, 3.05) is 25.5 Å². The second-order valence-electron chi connectivity index (χ2n) is 4.97. The SMILES string of the molecule is CN(C)c1ccc(C(=O)NCCc2cnn(C)c2)cc1. The van der Waals surface area contributed by atoms with E-state index in [4.69, 9.17) is 0 Å². The van der Waals surface area contributed by atoms with Crippen LogP contribution >= 0.6 is 0 Å². The fourth-order valence-corrected chi connectivity index (χ4v) is 1.93. The van der Waals surface area contributed by atoms with Crippen LogP contribution in [0.3, 0.4) is 0 Å². The molecular weight excluding hydrogens is 252 g/mol. The third-order valence-electron chi connectivity index (χ3n) is 3.10. The maximum Gasteiger partial charge on any atom is 0.251 e. The number of amides is 1. The Morgan fingerprint density at radius 2 is 2.00 bits per heavy atom. The fraction of sp³-hybridized carbons (Fsp3) is 0.333. The number of nitrogens with one attached hydrogen (secondary N) is 1. The lowest BCUT2D eigenvalue weighted by molar-refractivity contribution is 0.0954. The standard InChI is InChI=1S/C15H20N4O/c1-18(2)14-6-4-13(5-7-14)15(20)16-9-8-12-10-17-19(3)11-12/h4-7,10-11H,8-9H2,1-3H3,(H,16,20). The summed E-state index contributed by atoms with van der Waals surface area (Å²) in [6.07, 6.45) is 4.56. The molecule has 0 saturated heterocycles. The number of carbonyl (C=O) groups excluding carboxylic acids is 1. The Kier molecular flexibility index (Phi) is 4.40. The molecule has 0 aliphatic heterocycles. The molecule has 1 heterocycles. The van der Waals surface area contributed by atoms with Gasteiger partial charge in [0.2, 0.25) is 0 Å². The maximum absolute atomic E-state index is 12.0. The first-order valence-electron chi connectivity index (χ1n) is 6.59. The van der Waals surface area contributed by atoms with Crippen LogP contribution in [0.15, 0.2) is 36.7 Å². The molecule has 0 unspecified atom stereocenters. The zero-order chi connectivity index (χ0) is 14.5. The molecule has 2 aromatic rings. The van der Waals surface area contributed by atoms with Crippen LogP contribution in [0.5, 0.6) is 0 Å². The molecule has 1 amide bonds. The van der Waals surface area contributed by atoms with Crippen LogP contribution in [-0.4, -0.2) is 36.3 Å². The summed E-state index contributed by atoms with van der Waals surface area (Å²) in [6.45, 7) is 0.611. The first kappa shape index (κ1) is 14.1. The predicted molar refractivity (Wildman–Crippen MR) is 80.0 cm³/mol. The number of hydrogen-bond donors (Lipinski definition) is 1. The average Bonchev–Trinajstić information content (AvgIpc) is 2.84. The second-order valence-corrected chi connectivity index (χ2v) is 4.97. The van der Waals surface area contributed by atoms with Crippen LogP contribution in [0, 0.1) is 0 Å². The molecule has 0 fully saturated rings. The van der Waals surface area contributed by atoms with Gasteiger partial charge in [-0.05, 0) is 36.2 Å². The third kappa shape index (κ3) is 3.60. The summed E-state index contributed by atoms with van der Waals surface area (Å²) in [5.74, 6) is -0.0424. The maximum atomic E-state index is 12.0. The van der Waals surface area contributed by atoms with Gasteiger partial charge in [-0.15, -0.1) is 0 Å². The van der Waals surface area contributed by atoms with Crippen LogP contribution in [0.2, 0.25) is 0 Å². The van der Waals surface area contributed by atoms with Crippen molar-refractivity contribution in [1.29, 1.82) is 0 Å². The van der Waals surface area contributed by atoms with Crippen molar-refractivity contribution >= 4 is 11.6 Å². The molecule has 0 bridgehead atoms. The topological polar surface area (TPSA) is 50.2 Å². The van der Waals surface area contributed by atoms with E-state index in [1.165, 1.54) is 0 Å². The van der Waals surface area contributed by atoms with Crippen molar-refractivity contribution in [2.24, 2.45) is 7.05 Å². The molecule has 106 valence electrons. The highest BCUT2D eigenvalue weighted by molar-refractivity contribution is 5.94. The van der Waals surface area contributed by atoms with E-state index in [0.29, 0.717) is 12.1 Å². The molecule has 1 N–H and O–H groups in total. The number of aryl methyl sites for hydroxylation is 1. The Morgan fingerprint density at radius 3 is 2.55 bits per heavy atom. The number of benzene rings is 1. The molecule has 0 spiro atoms. The van der Waals surface area contributed by atoms with Gasteiger partial charge < -0.3 is 10.2 Å². The van der Waals surface area contributed by atoms with Crippen molar-refractivity contribution in [2.45, 2.75) is 6.42 Å². The molecule has 1 aromatic heterocycles. The van der Waals surface area contributed by atoms with Crippen molar-refractivity contribution in [3.05, 3.63) is 47.8 Å². The van der Waals surface area contributed by atoms with Gasteiger partial charge in [0.15, 0.2) is 0 Å². The third-order valence-corrected chi connectivity index (χ3v) is 3.10. The van der Waals surface area contributed by atoms with E-state index in [1.807, 2.05) is 62.7 Å². The molecule has 0 radical (unpaired) electrons. The van der Waals surface area contributed by atoms with Gasteiger partial charge in [0.05, 0.1) is 6.20 Å². The molecule has 0 aliphatic rings. The number of carbonyl (C=O) groups is 1. The Balaban J connectivity index is 1.85. The first-order valence-corrected chi connectivity index (χ1v) is 6.59. The van der Waals surface area contributed by atoms with E-state index in [1.54, 1.807) is 4.68 Å². The zero-order valence-corrected chi connectivity index (χ0v) is 12.1. The summed E-state index contributed by atoms with van der Waals surface area (Å²) in [6, 6.07) is 7.57. The van der Waals surface area contributed by atoms with Crippen molar-refractivity contribution < 1.29 is 4.79 Å². The molecular formula is C15H20N4O. The Bertz CT molecular complexity index is 572. The average molecular weight is 272 g/mol. The fourth-order valence-electron chi connectivity index (χ4n) is 1.93. The molecule has 5 nitrogen and oxygen atoms in total. The van der Waals surface area contributed by atoms with E-state index in [2.05, 4.69) is 10.4 Å². The van der Waals surface area contributed by atoms with Gasteiger partial charge in [0.25, 0.3) is 5.91 Å². The summed E-state index contributed by atoms with van der Waals surface area (Å²) in [5.41, 5.74) is 2.88. The van der Waals surface area contributed by atoms with Crippen LogP contribution in [0.1, 0.15) is 15.9 Å². The van der Waals surface area contributed by atoms with E-state index in [-0.39, 0.29) is 5.91 Å². The summed E-state index contributed by atoms with van der Waals surface area (Å²) >= 11 is 0. The van der Waals surface area contributed by atoms with Crippen LogP contribution in [0.4, 0.5) is 5.69 Å². The lowest BCUT2D eigenvalue weighted by atomic mass is 10.2. The van der Waals surface area contributed by atoms with Gasteiger partial charge in [0.1, 0.15) is 0 Å². The van der Waals surface area contributed by atoms with Gasteiger partial charge in [-0.25, -0.2) is 0 Å². The molecule has 0 saturated carbocycles. The molecule has 0 atom stereocenters. The van der Waals surface area contributed by atoms with E-state index in [0.717, 1.165) is 17.7 Å². The Labute approximate surface area is 119 Å². The van der Waals surface area contributed by atoms with Crippen LogP contribution in [-0.2, 0) is 13.5 Å². The van der Waals surface area contributed by atoms with Gasteiger partial charge in [-0.3, -0.25) is 9.48 Å². The lowest BCUT2D eigenvalue weighted by Crippen LogP contribution is -2.25. The van der Waals surface area contributed by atoms with Gasteiger partial charge >= 0.3 is 0 Å². The number of rotatable bonds is 5. The first-order chi connectivity index (χ1) is 9.56. The number of aromatic nitrogens is 2. The Morgan fingerprint density at radius 1 is 1.30 bits per heavy atom. The number of nitrogens with zero attached hydrogens (tertiary/aromatic N) is 3. The van der Waals surface area contributed by atoms with Gasteiger partial charge in [0, 0.05) is 45.1 Å². The van der Waals surface area contributed by atoms with Crippen LogP contribution < -0.4 is 10.2 Å². The number of hydrogen-bond acceptors (Lipinski definition) is 3. The minimum absolute atomic E-state index is 0.0424. The largest absolute Gasteiger partial charge is 0.378 e. The predicted octanol–water partition coefficient (Wildman–Crippen LogP) is 1.46. The van der Waals surface area contributed by atoms with Gasteiger partial charge in [-0.1, -0.05) is 0 Å². The zero-order valence-electron chi connectivity index (χ0n) is 12.1. The lowest BCUT2D eigenvalue weighted by Gasteiger charge is -2.12. The summed E-state index contributed by atoms with van der Waals surface area (Å²) in [4.78, 5) is 14.0. The number of anilines is 1. The highest BCUT2D eigenvalue weighted by Gasteiger charge is 2.05. The van der Waals surface area contributed by atoms with E-state index >= 15 is 0 Å². The minimum atomic E-state index is -0.0424. The summed E-state index contributed by atoms with van der Waals surface area (Å²) < 4.78 is 1.76. The molecule has 1 aromatic carbocycles. The summed E-state index contributed by atoms with van der Waals surface area (Å²) in [7, 11) is 5.83. The Hall–Kier alpha value is -2.30. The molecule has 5 heteroatoms. The highest BCUT2D eigenvalue weighted by atomic mass is 16.1. The van der Waals surface area contributed by atoms with Crippen molar-refractivity contribution in [3.63, 3.8) is 0 Å². The normalized spacial score (nSPS) is 10.3.